The van der Waals surface area contributed by atoms with Gasteiger partial charge in [0.05, 0.1) is 42.3 Å². The van der Waals surface area contributed by atoms with Crippen molar-refractivity contribution in [1.82, 2.24) is 4.90 Å². The smallest absolute Gasteiger partial charge is 0.322 e. The predicted octanol–water partition coefficient (Wildman–Crippen LogP) is 4.08. The molecule has 2 amide bonds. The topological polar surface area (TPSA) is 65.0 Å². The highest BCUT2D eigenvalue weighted by Crippen LogP contribution is 2.37. The summed E-state index contributed by atoms with van der Waals surface area (Å²) in [6.45, 7) is 2.91. The van der Waals surface area contributed by atoms with Gasteiger partial charge in [-0.2, -0.15) is 0 Å². The van der Waals surface area contributed by atoms with Gasteiger partial charge in [0.25, 0.3) is 0 Å². The molecular formula is C23H28ClN3O3. The van der Waals surface area contributed by atoms with Crippen LogP contribution in [0.3, 0.4) is 0 Å². The Morgan fingerprint density at radius 3 is 2.80 bits per heavy atom. The van der Waals surface area contributed by atoms with E-state index in [9.17, 15) is 9.90 Å². The number of anilines is 2. The first-order valence-corrected chi connectivity index (χ1v) is 10.9. The molecule has 30 heavy (non-hydrogen) atoms. The molecule has 7 heteroatoms. The molecule has 0 aromatic heterocycles. The van der Waals surface area contributed by atoms with Gasteiger partial charge in [-0.25, -0.2) is 4.79 Å². The van der Waals surface area contributed by atoms with Crippen molar-refractivity contribution < 1.29 is 14.6 Å². The number of hydrogen-bond donors (Lipinski definition) is 2. The largest absolute Gasteiger partial charge is 0.395 e. The summed E-state index contributed by atoms with van der Waals surface area (Å²) >= 11 is 6.52. The third kappa shape index (κ3) is 4.41. The standard InChI is InChI=1S/C23H28ClN3O3/c24-19-8-4-9-20(22(19)26-12-15-30-16-13-26)25-23(29)27(11-14-28)21-10-3-6-17-5-1-2-7-18(17)21/h1-2,4-5,7-9,21,28H,3,6,10-16H2,(H,25,29)/t21-/m0/s1. The van der Waals surface area contributed by atoms with Crippen molar-refractivity contribution in [3.05, 3.63) is 58.6 Å². The SMILES string of the molecule is O=C(Nc1cccc(Cl)c1N1CCOCC1)N(CCO)[C@H]1CCCc2ccccc21. The number of para-hydroxylation sites is 1. The number of aliphatic hydroxyl groups is 1. The van der Waals surface area contributed by atoms with Gasteiger partial charge >= 0.3 is 6.03 Å². The molecule has 0 bridgehead atoms. The van der Waals surface area contributed by atoms with Gasteiger partial charge in [-0.05, 0) is 42.5 Å². The third-order valence-corrected chi connectivity index (χ3v) is 6.18. The van der Waals surface area contributed by atoms with E-state index in [1.54, 1.807) is 4.90 Å². The third-order valence-electron chi connectivity index (χ3n) is 5.87. The average molecular weight is 430 g/mol. The van der Waals surface area contributed by atoms with Crippen LogP contribution < -0.4 is 10.2 Å². The number of nitrogens with one attached hydrogen (secondary N) is 1. The lowest BCUT2D eigenvalue weighted by Gasteiger charge is -2.36. The van der Waals surface area contributed by atoms with Crippen molar-refractivity contribution in [2.45, 2.75) is 25.3 Å². The first-order valence-electron chi connectivity index (χ1n) is 10.6. The van der Waals surface area contributed by atoms with Gasteiger partial charge in [0.1, 0.15) is 0 Å². The number of halogens is 1. The number of urea groups is 1. The summed E-state index contributed by atoms with van der Waals surface area (Å²) in [5.74, 6) is 0. The van der Waals surface area contributed by atoms with E-state index in [1.807, 2.05) is 30.3 Å². The Morgan fingerprint density at radius 1 is 1.20 bits per heavy atom. The van der Waals surface area contributed by atoms with Crippen LogP contribution in [-0.2, 0) is 11.2 Å². The summed E-state index contributed by atoms with van der Waals surface area (Å²) in [4.78, 5) is 17.3. The van der Waals surface area contributed by atoms with Crippen LogP contribution in [0.1, 0.15) is 30.0 Å². The molecule has 1 aliphatic carbocycles. The number of benzene rings is 2. The average Bonchev–Trinajstić information content (AvgIpc) is 2.78. The van der Waals surface area contributed by atoms with E-state index in [2.05, 4.69) is 22.3 Å². The van der Waals surface area contributed by atoms with Crippen molar-refractivity contribution in [3.63, 3.8) is 0 Å². The quantitative estimate of drug-likeness (QED) is 0.751. The van der Waals surface area contributed by atoms with Crippen LogP contribution in [0.5, 0.6) is 0 Å². The highest BCUT2D eigenvalue weighted by Gasteiger charge is 2.30. The summed E-state index contributed by atoms with van der Waals surface area (Å²) in [6, 6.07) is 13.6. The molecule has 6 nitrogen and oxygen atoms in total. The lowest BCUT2D eigenvalue weighted by molar-refractivity contribution is 0.123. The second kappa shape index (κ2) is 9.69. The molecule has 1 aliphatic heterocycles. The van der Waals surface area contributed by atoms with E-state index in [4.69, 9.17) is 16.3 Å². The predicted molar refractivity (Wildman–Crippen MR) is 119 cm³/mol. The van der Waals surface area contributed by atoms with Gasteiger partial charge in [-0.15, -0.1) is 0 Å². The van der Waals surface area contributed by atoms with Gasteiger partial charge in [0, 0.05) is 19.6 Å². The number of rotatable bonds is 5. The second-order valence-electron chi connectivity index (χ2n) is 7.69. The molecule has 0 spiro atoms. The molecule has 2 aromatic carbocycles. The summed E-state index contributed by atoms with van der Waals surface area (Å²) in [5, 5.41) is 13.3. The zero-order valence-electron chi connectivity index (χ0n) is 17.0. The summed E-state index contributed by atoms with van der Waals surface area (Å²) in [6.07, 6.45) is 2.93. The van der Waals surface area contributed by atoms with Crippen molar-refractivity contribution in [1.29, 1.82) is 0 Å². The molecule has 0 saturated carbocycles. The minimum absolute atomic E-state index is 0.0480. The molecular weight excluding hydrogens is 402 g/mol. The number of nitrogens with zero attached hydrogens (tertiary/aromatic N) is 2. The van der Waals surface area contributed by atoms with Crippen LogP contribution in [0.4, 0.5) is 16.2 Å². The van der Waals surface area contributed by atoms with Crippen molar-refractivity contribution in [2.75, 3.05) is 49.7 Å². The minimum Gasteiger partial charge on any atom is -0.395 e. The van der Waals surface area contributed by atoms with Crippen LogP contribution in [0, 0.1) is 0 Å². The first kappa shape index (κ1) is 21.0. The van der Waals surface area contributed by atoms with Crippen LogP contribution >= 0.6 is 11.6 Å². The number of hydrogen-bond acceptors (Lipinski definition) is 4. The number of carbonyl (C=O) groups is 1. The van der Waals surface area contributed by atoms with Crippen LogP contribution in [0.2, 0.25) is 5.02 Å². The van der Waals surface area contributed by atoms with Gasteiger partial charge < -0.3 is 25.0 Å². The van der Waals surface area contributed by atoms with Gasteiger partial charge in [0.15, 0.2) is 0 Å². The maximum absolute atomic E-state index is 13.4. The first-order chi connectivity index (χ1) is 14.7. The zero-order valence-corrected chi connectivity index (χ0v) is 17.8. The van der Waals surface area contributed by atoms with E-state index >= 15 is 0 Å². The van der Waals surface area contributed by atoms with E-state index in [1.165, 1.54) is 11.1 Å². The van der Waals surface area contributed by atoms with Crippen molar-refractivity contribution >= 4 is 29.0 Å². The Morgan fingerprint density at radius 2 is 2.00 bits per heavy atom. The molecule has 0 unspecified atom stereocenters. The van der Waals surface area contributed by atoms with E-state index in [0.29, 0.717) is 23.9 Å². The van der Waals surface area contributed by atoms with E-state index < -0.39 is 0 Å². The van der Waals surface area contributed by atoms with E-state index in [-0.39, 0.29) is 25.2 Å². The Balaban J connectivity index is 1.60. The number of morpholine rings is 1. The molecule has 2 aliphatic rings. The lowest BCUT2D eigenvalue weighted by atomic mass is 9.87. The van der Waals surface area contributed by atoms with E-state index in [0.717, 1.165) is 38.0 Å². The Labute approximate surface area is 182 Å². The normalized spacial score (nSPS) is 18.6. The molecule has 1 saturated heterocycles. The van der Waals surface area contributed by atoms with Crippen molar-refractivity contribution in [2.24, 2.45) is 0 Å². The maximum Gasteiger partial charge on any atom is 0.322 e. The molecule has 0 radical (unpaired) electrons. The fourth-order valence-corrected chi connectivity index (χ4v) is 4.76. The van der Waals surface area contributed by atoms with Gasteiger partial charge in [-0.3, -0.25) is 0 Å². The highest BCUT2D eigenvalue weighted by atomic mass is 35.5. The van der Waals surface area contributed by atoms with Crippen LogP contribution in [0.15, 0.2) is 42.5 Å². The monoisotopic (exact) mass is 429 g/mol. The fraction of sp³-hybridized carbons (Fsp3) is 0.435. The number of amides is 2. The summed E-state index contributed by atoms with van der Waals surface area (Å²) in [5.41, 5.74) is 3.96. The zero-order chi connectivity index (χ0) is 20.9. The van der Waals surface area contributed by atoms with Crippen molar-refractivity contribution in [3.8, 4) is 0 Å². The number of carbonyl (C=O) groups excluding carboxylic acids is 1. The molecule has 1 heterocycles. The number of aliphatic hydroxyl groups excluding tert-OH is 1. The van der Waals surface area contributed by atoms with Gasteiger partial charge in [0.2, 0.25) is 0 Å². The maximum atomic E-state index is 13.4. The molecule has 2 N–H and O–H groups in total. The second-order valence-corrected chi connectivity index (χ2v) is 8.10. The fourth-order valence-electron chi connectivity index (χ4n) is 4.47. The van der Waals surface area contributed by atoms with Gasteiger partial charge in [-0.1, -0.05) is 41.9 Å². The summed E-state index contributed by atoms with van der Waals surface area (Å²) in [7, 11) is 0. The molecule has 160 valence electrons. The van der Waals surface area contributed by atoms with Crippen LogP contribution in [-0.4, -0.2) is 55.5 Å². The van der Waals surface area contributed by atoms with Crippen LogP contribution in [0.25, 0.3) is 0 Å². The molecule has 2 aromatic rings. The molecule has 4 rings (SSSR count). The summed E-state index contributed by atoms with van der Waals surface area (Å²) < 4.78 is 5.46. The number of fused-ring (bicyclic) bond motifs is 1. The Bertz CT molecular complexity index is 886. The minimum atomic E-state index is -0.220. The molecule has 1 atom stereocenters. The lowest BCUT2D eigenvalue weighted by Crippen LogP contribution is -2.42. The molecule has 1 fully saturated rings. The Hall–Kier alpha value is -2.28. The number of ether oxygens (including phenoxy) is 1. The number of aryl methyl sites for hydroxylation is 1. The highest BCUT2D eigenvalue weighted by molar-refractivity contribution is 6.34. The Kier molecular flexibility index (Phi) is 6.77.